The Bertz CT molecular complexity index is 444. The third-order valence-corrected chi connectivity index (χ3v) is 4.47. The van der Waals surface area contributed by atoms with Crippen molar-refractivity contribution in [2.75, 3.05) is 0 Å². The average Bonchev–Trinajstić information content (AvgIpc) is 2.78. The first-order valence-corrected chi connectivity index (χ1v) is 13.1. The van der Waals surface area contributed by atoms with Gasteiger partial charge in [0.2, 0.25) is 0 Å². The Kier molecular flexibility index (Phi) is 25.4. The Morgan fingerprint density at radius 3 is 0.917 bits per heavy atom. The Morgan fingerprint density at radius 2 is 0.875 bits per heavy atom. The van der Waals surface area contributed by atoms with Gasteiger partial charge in [0.05, 0.1) is 0 Å². The molecule has 0 N–H and O–H groups in total. The summed E-state index contributed by atoms with van der Waals surface area (Å²) in [5, 5.41) is 0. The van der Waals surface area contributed by atoms with Gasteiger partial charge in [-0.05, 0) is 0 Å². The molecule has 0 aromatic heterocycles. The third kappa shape index (κ3) is 9.95. The van der Waals surface area contributed by atoms with E-state index in [9.17, 15) is 0 Å². The first kappa shape index (κ1) is 35.7. The first-order chi connectivity index (χ1) is 9.25. The van der Waals surface area contributed by atoms with Gasteiger partial charge in [-0.3, -0.25) is 12.2 Å². The van der Waals surface area contributed by atoms with Crippen molar-refractivity contribution < 1.29 is 23.3 Å². The van der Waals surface area contributed by atoms with E-state index >= 15 is 0 Å². The molecule has 0 amide bonds. The van der Waals surface area contributed by atoms with Gasteiger partial charge < -0.3 is 14.9 Å². The van der Waals surface area contributed by atoms with Crippen molar-refractivity contribution in [1.82, 2.24) is 0 Å². The van der Waals surface area contributed by atoms with Gasteiger partial charge in [0.15, 0.2) is 0 Å². The van der Waals surface area contributed by atoms with Crippen LogP contribution in [0.2, 0.25) is 0 Å². The summed E-state index contributed by atoms with van der Waals surface area (Å²) in [5.41, 5.74) is 8.49. The summed E-state index contributed by atoms with van der Waals surface area (Å²) in [5.74, 6) is 1.12. The molecular formula is C20H36Cl2SiZr-4. The van der Waals surface area contributed by atoms with Gasteiger partial charge in [-0.25, -0.2) is 11.1 Å². The Morgan fingerprint density at radius 1 is 0.667 bits per heavy atom. The van der Waals surface area contributed by atoms with Crippen molar-refractivity contribution in [1.29, 1.82) is 0 Å². The van der Waals surface area contributed by atoms with Gasteiger partial charge in [-0.2, -0.15) is 22.3 Å². The van der Waals surface area contributed by atoms with Crippen molar-refractivity contribution in [3.05, 3.63) is 60.4 Å². The zero-order valence-corrected chi connectivity index (χ0v) is 22.7. The summed E-state index contributed by atoms with van der Waals surface area (Å²) in [6, 6.07) is 0. The molecule has 0 heterocycles. The van der Waals surface area contributed by atoms with Crippen molar-refractivity contribution in [2.45, 2.75) is 55.4 Å². The van der Waals surface area contributed by atoms with Crippen molar-refractivity contribution in [3.8, 4) is 0 Å². The number of halogens is 2. The normalized spacial score (nSPS) is 20.5. The molecule has 0 saturated heterocycles. The first-order valence-electron chi connectivity index (χ1n) is 7.16. The van der Waals surface area contributed by atoms with Crippen LogP contribution in [0.3, 0.4) is 0 Å². The molecule has 2 aliphatic rings. The zero-order chi connectivity index (χ0) is 16.0. The molecular weight excluding hydrogens is 430 g/mol. The van der Waals surface area contributed by atoms with Crippen LogP contribution in [-0.4, -0.2) is 6.88 Å². The summed E-state index contributed by atoms with van der Waals surface area (Å²) in [4.78, 5) is 0. The maximum absolute atomic E-state index is 3.36. The molecule has 0 nitrogen and oxygen atoms in total. The molecule has 0 aromatic carbocycles. The summed E-state index contributed by atoms with van der Waals surface area (Å²) in [6.45, 7) is 19.3. The van der Waals surface area contributed by atoms with E-state index in [1.54, 1.807) is 23.3 Å². The summed E-state index contributed by atoms with van der Waals surface area (Å²) in [6.07, 6.45) is 6.72. The van der Waals surface area contributed by atoms with Gasteiger partial charge in [0.25, 0.3) is 0 Å². The minimum atomic E-state index is 0. The molecule has 0 bridgehead atoms. The van der Waals surface area contributed by atoms with Gasteiger partial charge in [-0.1, -0.05) is 53.4 Å². The van der Waals surface area contributed by atoms with Crippen LogP contribution >= 0.6 is 24.8 Å². The molecule has 0 radical (unpaired) electrons. The van der Waals surface area contributed by atoms with E-state index in [4.69, 9.17) is 0 Å². The van der Waals surface area contributed by atoms with Gasteiger partial charge >= 0.3 is 30.2 Å². The molecule has 2 aliphatic carbocycles. The molecule has 2 unspecified atom stereocenters. The fourth-order valence-electron chi connectivity index (χ4n) is 2.32. The molecule has 2 rings (SSSR count). The molecule has 2 atom stereocenters. The summed E-state index contributed by atoms with van der Waals surface area (Å²) in [7, 11) is 0. The van der Waals surface area contributed by atoms with E-state index in [-0.39, 0.29) is 39.7 Å². The van der Waals surface area contributed by atoms with Crippen LogP contribution in [0.1, 0.15) is 55.4 Å². The molecule has 0 spiro atoms. The molecule has 24 heavy (non-hydrogen) atoms. The zero-order valence-electron chi connectivity index (χ0n) is 17.2. The number of rotatable bonds is 0. The van der Waals surface area contributed by atoms with Crippen molar-refractivity contribution >= 4 is 31.7 Å². The topological polar surface area (TPSA) is 0 Å². The van der Waals surface area contributed by atoms with E-state index in [1.807, 2.05) is 6.88 Å². The second kappa shape index (κ2) is 17.1. The van der Waals surface area contributed by atoms with Gasteiger partial charge in [-0.15, -0.1) is 38.7 Å². The molecule has 4 heteroatoms. The standard InChI is InChI=1S/2C9H13.2CH3.2ClH.H2Si.Zr/c2*1-6-5-7(2)9(4)8(6)3;;;;;;/h2*6H,1-4H3;2*1H3;2*1H;1H2;/q4*-1;;;;. The molecule has 0 fully saturated rings. The Labute approximate surface area is 181 Å². The number of allylic oxidation sites excluding steroid dienone is 8. The molecule has 142 valence electrons. The van der Waals surface area contributed by atoms with Crippen LogP contribution in [0.5, 0.6) is 0 Å². The molecule has 0 aliphatic heterocycles. The summed E-state index contributed by atoms with van der Waals surface area (Å²) >= 11 is 1.58. The predicted octanol–water partition coefficient (Wildman–Crippen LogP) is 6.27. The van der Waals surface area contributed by atoms with E-state index in [2.05, 4.69) is 67.5 Å². The quantitative estimate of drug-likeness (QED) is 0.292. The molecule has 0 aromatic rings. The monoisotopic (exact) mass is 464 g/mol. The average molecular weight is 467 g/mol. The van der Waals surface area contributed by atoms with Crippen LogP contribution in [0.4, 0.5) is 0 Å². The van der Waals surface area contributed by atoms with E-state index in [0.717, 1.165) is 0 Å². The number of hydrogen-bond donors (Lipinski definition) is 0. The van der Waals surface area contributed by atoms with Crippen LogP contribution in [-0.2, 0) is 23.3 Å². The van der Waals surface area contributed by atoms with Crippen LogP contribution < -0.4 is 0 Å². The summed E-state index contributed by atoms with van der Waals surface area (Å²) < 4.78 is 0. The van der Waals surface area contributed by atoms with Crippen molar-refractivity contribution in [2.24, 2.45) is 11.8 Å². The molecule has 0 saturated carbocycles. The van der Waals surface area contributed by atoms with Gasteiger partial charge in [0, 0.05) is 0 Å². The Hall–Kier alpha value is 0.640. The SMILES string of the molecule is CC1=[C-]C(C)C(C)=C1C.CC1=[C-]C(C)C(C)=C1C.Cl.Cl.[CH3-].[CH3-].[SiH2]=[Zr]. The van der Waals surface area contributed by atoms with Crippen LogP contribution in [0.15, 0.2) is 33.4 Å². The minimum absolute atomic E-state index is 0. The number of hydrogen-bond acceptors (Lipinski definition) is 0. The van der Waals surface area contributed by atoms with E-state index < -0.39 is 0 Å². The van der Waals surface area contributed by atoms with Crippen LogP contribution in [0, 0.1) is 38.8 Å². The van der Waals surface area contributed by atoms with E-state index in [1.165, 1.54) is 33.4 Å². The van der Waals surface area contributed by atoms with Crippen LogP contribution in [0.25, 0.3) is 0 Å². The fourth-order valence-corrected chi connectivity index (χ4v) is 2.32. The van der Waals surface area contributed by atoms with Gasteiger partial charge in [0.1, 0.15) is 0 Å². The Balaban J connectivity index is -0.0000000789. The van der Waals surface area contributed by atoms with Crippen molar-refractivity contribution in [3.63, 3.8) is 0 Å². The predicted molar refractivity (Wildman–Crippen MR) is 116 cm³/mol. The third-order valence-electron chi connectivity index (χ3n) is 4.47. The second-order valence-corrected chi connectivity index (χ2v) is 5.60. The fraction of sp³-hybridized carbons (Fsp3) is 0.500. The maximum atomic E-state index is 3.36. The van der Waals surface area contributed by atoms with E-state index in [0.29, 0.717) is 11.8 Å². The second-order valence-electron chi connectivity index (χ2n) is 5.60.